The van der Waals surface area contributed by atoms with Crippen LogP contribution in [0.1, 0.15) is 30.4 Å². The van der Waals surface area contributed by atoms with Crippen LogP contribution in [0.25, 0.3) is 0 Å². The molecular weight excluding hydrogens is 377 g/mol. The average molecular weight is 402 g/mol. The van der Waals surface area contributed by atoms with Crippen molar-refractivity contribution in [2.45, 2.75) is 32.1 Å². The number of nitrogens with zero attached hydrogens (tertiary/aromatic N) is 1. The molecule has 0 N–H and O–H groups in total. The van der Waals surface area contributed by atoms with E-state index in [1.54, 1.807) is 6.07 Å². The summed E-state index contributed by atoms with van der Waals surface area (Å²) >= 11 is 12.1. The minimum Gasteiger partial charge on any atom is -0.303 e. The van der Waals surface area contributed by atoms with Crippen LogP contribution >= 0.6 is 23.2 Å². The van der Waals surface area contributed by atoms with Crippen molar-refractivity contribution in [3.63, 3.8) is 0 Å². The highest BCUT2D eigenvalue weighted by Gasteiger charge is 2.57. The Morgan fingerprint density at radius 1 is 1.00 bits per heavy atom. The van der Waals surface area contributed by atoms with Crippen molar-refractivity contribution in [3.8, 4) is 0 Å². The van der Waals surface area contributed by atoms with E-state index >= 15 is 0 Å². The normalized spacial score (nSPS) is 21.3. The Balaban J connectivity index is 1.26. The van der Waals surface area contributed by atoms with Gasteiger partial charge in [-0.2, -0.15) is 0 Å². The zero-order chi connectivity index (χ0) is 18.9. The Morgan fingerprint density at radius 3 is 2.33 bits per heavy atom. The van der Waals surface area contributed by atoms with Gasteiger partial charge in [0.2, 0.25) is 0 Å². The van der Waals surface area contributed by atoms with Gasteiger partial charge in [-0.1, -0.05) is 53.5 Å². The molecule has 1 aliphatic heterocycles. The zero-order valence-electron chi connectivity index (χ0n) is 15.5. The van der Waals surface area contributed by atoms with Gasteiger partial charge in [0.25, 0.3) is 0 Å². The molecule has 0 amide bonds. The lowest BCUT2D eigenvalue weighted by molar-refractivity contribution is -0.120. The number of rotatable bonds is 6. The molecule has 2 aromatic rings. The lowest BCUT2D eigenvalue weighted by Gasteiger charge is -2.32. The third-order valence-corrected chi connectivity index (χ3v) is 6.73. The van der Waals surface area contributed by atoms with Crippen LogP contribution in [0, 0.1) is 11.3 Å². The van der Waals surface area contributed by atoms with Gasteiger partial charge in [0.15, 0.2) is 0 Å². The maximum absolute atomic E-state index is 12.8. The molecule has 1 aliphatic carbocycles. The number of piperidine rings is 1. The first-order valence-corrected chi connectivity index (χ1v) is 10.5. The van der Waals surface area contributed by atoms with E-state index in [1.165, 1.54) is 5.56 Å². The molecule has 2 nitrogen and oxygen atoms in total. The molecule has 0 bridgehead atoms. The fraction of sp³-hybridized carbons (Fsp3) is 0.435. The van der Waals surface area contributed by atoms with Gasteiger partial charge in [-0.3, -0.25) is 4.79 Å². The van der Waals surface area contributed by atoms with Crippen molar-refractivity contribution < 1.29 is 4.79 Å². The molecule has 1 saturated heterocycles. The standard InChI is InChI=1S/C23H25Cl2NO/c24-19-12-18(13-20(25)15-19)14-22(27)21-16-23(21)7-10-26(11-8-23)9-6-17-4-2-1-3-5-17/h1-5,12-13,15,21H,6-11,14,16H2. The molecule has 2 aliphatic rings. The molecule has 27 heavy (non-hydrogen) atoms. The first-order valence-electron chi connectivity index (χ1n) is 9.78. The Morgan fingerprint density at radius 2 is 1.67 bits per heavy atom. The molecule has 0 radical (unpaired) electrons. The lowest BCUT2D eigenvalue weighted by atomic mass is 9.88. The molecule has 1 spiro atoms. The number of hydrogen-bond donors (Lipinski definition) is 0. The number of carbonyl (C=O) groups excluding carboxylic acids is 1. The molecule has 4 rings (SSSR count). The summed E-state index contributed by atoms with van der Waals surface area (Å²) < 4.78 is 0. The highest BCUT2D eigenvalue weighted by molar-refractivity contribution is 6.34. The lowest BCUT2D eigenvalue weighted by Crippen LogP contribution is -2.37. The summed E-state index contributed by atoms with van der Waals surface area (Å²) in [5, 5.41) is 1.20. The van der Waals surface area contributed by atoms with E-state index in [4.69, 9.17) is 23.2 Å². The molecule has 142 valence electrons. The largest absolute Gasteiger partial charge is 0.303 e. The van der Waals surface area contributed by atoms with Crippen molar-refractivity contribution in [3.05, 3.63) is 69.7 Å². The number of carbonyl (C=O) groups is 1. The van der Waals surface area contributed by atoms with Gasteiger partial charge in [-0.25, -0.2) is 0 Å². The molecule has 1 heterocycles. The molecule has 1 atom stereocenters. The minimum absolute atomic E-state index is 0.228. The predicted octanol–water partition coefficient (Wildman–Crippen LogP) is 5.45. The van der Waals surface area contributed by atoms with Crippen molar-refractivity contribution in [2.24, 2.45) is 11.3 Å². The quantitative estimate of drug-likeness (QED) is 0.641. The molecule has 0 aromatic heterocycles. The molecule has 2 fully saturated rings. The predicted molar refractivity (Wildman–Crippen MR) is 112 cm³/mol. The van der Waals surface area contributed by atoms with Crippen LogP contribution in [-0.4, -0.2) is 30.3 Å². The van der Waals surface area contributed by atoms with Gasteiger partial charge in [0.05, 0.1) is 0 Å². The third kappa shape index (κ3) is 4.56. The summed E-state index contributed by atoms with van der Waals surface area (Å²) in [6.07, 6.45) is 4.91. The second-order valence-corrected chi connectivity index (χ2v) is 8.99. The van der Waals surface area contributed by atoms with Gasteiger partial charge in [-0.05, 0) is 73.5 Å². The van der Waals surface area contributed by atoms with Crippen molar-refractivity contribution in [1.82, 2.24) is 4.90 Å². The van der Waals surface area contributed by atoms with Crippen LogP contribution < -0.4 is 0 Å². The first-order chi connectivity index (χ1) is 13.0. The van der Waals surface area contributed by atoms with E-state index in [-0.39, 0.29) is 11.3 Å². The number of halogens is 2. The highest BCUT2D eigenvalue weighted by atomic mass is 35.5. The average Bonchev–Trinajstić information content (AvgIpc) is 3.35. The number of hydrogen-bond acceptors (Lipinski definition) is 2. The van der Waals surface area contributed by atoms with Crippen LogP contribution in [0.3, 0.4) is 0 Å². The summed E-state index contributed by atoms with van der Waals surface area (Å²) in [7, 11) is 0. The number of ketones is 1. The second-order valence-electron chi connectivity index (χ2n) is 8.12. The maximum atomic E-state index is 12.8. The van der Waals surface area contributed by atoms with Crippen molar-refractivity contribution in [1.29, 1.82) is 0 Å². The van der Waals surface area contributed by atoms with Crippen LogP contribution in [0.2, 0.25) is 10.0 Å². The Hall–Kier alpha value is -1.35. The smallest absolute Gasteiger partial charge is 0.140 e. The maximum Gasteiger partial charge on any atom is 0.140 e. The van der Waals surface area contributed by atoms with Crippen LogP contribution in [-0.2, 0) is 17.6 Å². The van der Waals surface area contributed by atoms with E-state index in [1.807, 2.05) is 12.1 Å². The van der Waals surface area contributed by atoms with E-state index < -0.39 is 0 Å². The second kappa shape index (κ2) is 7.95. The van der Waals surface area contributed by atoms with Gasteiger partial charge in [0.1, 0.15) is 5.78 Å². The number of benzene rings is 2. The van der Waals surface area contributed by atoms with Gasteiger partial charge in [-0.15, -0.1) is 0 Å². The number of Topliss-reactive ketones (excluding diaryl/α,β-unsaturated/α-hetero) is 1. The van der Waals surface area contributed by atoms with Crippen LogP contribution in [0.15, 0.2) is 48.5 Å². The van der Waals surface area contributed by atoms with Crippen LogP contribution in [0.4, 0.5) is 0 Å². The van der Waals surface area contributed by atoms with Crippen molar-refractivity contribution in [2.75, 3.05) is 19.6 Å². The Labute approximate surface area is 171 Å². The highest BCUT2D eigenvalue weighted by Crippen LogP contribution is 2.60. The van der Waals surface area contributed by atoms with Crippen LogP contribution in [0.5, 0.6) is 0 Å². The third-order valence-electron chi connectivity index (χ3n) is 6.29. The topological polar surface area (TPSA) is 20.3 Å². The van der Waals surface area contributed by atoms with Gasteiger partial charge in [0, 0.05) is 28.9 Å². The van der Waals surface area contributed by atoms with E-state index in [2.05, 4.69) is 35.2 Å². The number of likely N-dealkylation sites (tertiary alicyclic amines) is 1. The summed E-state index contributed by atoms with van der Waals surface area (Å²) in [6.45, 7) is 3.33. The zero-order valence-corrected chi connectivity index (χ0v) is 17.0. The fourth-order valence-electron chi connectivity index (χ4n) is 4.55. The summed E-state index contributed by atoms with van der Waals surface area (Å²) in [5.74, 6) is 0.581. The molecule has 2 aromatic carbocycles. The molecular formula is C23H25Cl2NO. The minimum atomic E-state index is 0.228. The van der Waals surface area contributed by atoms with E-state index in [0.29, 0.717) is 22.2 Å². The van der Waals surface area contributed by atoms with Gasteiger partial charge < -0.3 is 4.90 Å². The SMILES string of the molecule is O=C(Cc1cc(Cl)cc(Cl)c1)C1CC12CCN(CCc1ccccc1)CC2. The Kier molecular flexibility index (Phi) is 5.59. The molecule has 4 heteroatoms. The molecule has 1 saturated carbocycles. The monoisotopic (exact) mass is 401 g/mol. The summed E-state index contributed by atoms with van der Waals surface area (Å²) in [5.41, 5.74) is 2.60. The summed E-state index contributed by atoms with van der Waals surface area (Å²) in [6, 6.07) is 16.1. The Bertz CT molecular complexity index is 792. The summed E-state index contributed by atoms with van der Waals surface area (Å²) in [4.78, 5) is 15.3. The fourth-order valence-corrected chi connectivity index (χ4v) is 5.12. The van der Waals surface area contributed by atoms with Gasteiger partial charge >= 0.3 is 0 Å². The van der Waals surface area contributed by atoms with E-state index in [9.17, 15) is 4.79 Å². The first kappa shape index (κ1) is 19.0. The van der Waals surface area contributed by atoms with E-state index in [0.717, 1.165) is 50.9 Å². The molecule has 1 unspecified atom stereocenters. The van der Waals surface area contributed by atoms with Crippen molar-refractivity contribution >= 4 is 29.0 Å².